The Balaban J connectivity index is 1.29. The average Bonchev–Trinajstić information content (AvgIpc) is 3.22. The zero-order valence-electron chi connectivity index (χ0n) is 17.2. The summed E-state index contributed by atoms with van der Waals surface area (Å²) in [5.41, 5.74) is 5.92. The first-order chi connectivity index (χ1) is 14.1. The summed E-state index contributed by atoms with van der Waals surface area (Å²) < 4.78 is 2.01. The minimum atomic E-state index is 0.222. The number of hydrogen-bond acceptors (Lipinski definition) is 3. The summed E-state index contributed by atoms with van der Waals surface area (Å²) in [6, 6.07) is 16.7. The van der Waals surface area contributed by atoms with Crippen molar-refractivity contribution >= 4 is 11.6 Å². The summed E-state index contributed by atoms with van der Waals surface area (Å²) in [4.78, 5) is 21.5. The Morgan fingerprint density at radius 3 is 2.48 bits per heavy atom. The molecule has 0 radical (unpaired) electrons. The van der Waals surface area contributed by atoms with Crippen LogP contribution in [0.15, 0.2) is 61.1 Å². The van der Waals surface area contributed by atoms with E-state index >= 15 is 0 Å². The molecule has 1 fully saturated rings. The molecule has 2 aromatic carbocycles. The lowest BCUT2D eigenvalue weighted by Crippen LogP contribution is -2.49. The van der Waals surface area contributed by atoms with Gasteiger partial charge in [0.25, 0.3) is 0 Å². The van der Waals surface area contributed by atoms with Crippen molar-refractivity contribution in [2.24, 2.45) is 0 Å². The molecule has 5 nitrogen and oxygen atoms in total. The molecule has 1 aliphatic rings. The maximum absolute atomic E-state index is 12.7. The number of nitrogens with zero attached hydrogens (tertiary/aromatic N) is 4. The third-order valence-corrected chi connectivity index (χ3v) is 5.61. The van der Waals surface area contributed by atoms with Gasteiger partial charge >= 0.3 is 0 Å². The lowest BCUT2D eigenvalue weighted by Gasteiger charge is -2.37. The van der Waals surface area contributed by atoms with Gasteiger partial charge in [0.1, 0.15) is 0 Å². The second-order valence-corrected chi connectivity index (χ2v) is 7.77. The molecule has 0 unspecified atom stereocenters. The van der Waals surface area contributed by atoms with Gasteiger partial charge in [0.15, 0.2) is 0 Å². The molecule has 1 aromatic heterocycles. The van der Waals surface area contributed by atoms with Crippen molar-refractivity contribution in [2.45, 2.75) is 26.8 Å². The van der Waals surface area contributed by atoms with Gasteiger partial charge in [-0.2, -0.15) is 0 Å². The second kappa shape index (κ2) is 8.52. The Kier molecular flexibility index (Phi) is 5.65. The number of carbonyl (C=O) groups excluding carboxylic acids is 1. The van der Waals surface area contributed by atoms with Crippen LogP contribution in [0.1, 0.15) is 17.5 Å². The Morgan fingerprint density at radius 1 is 1.00 bits per heavy atom. The van der Waals surface area contributed by atoms with E-state index in [0.29, 0.717) is 13.0 Å². The van der Waals surface area contributed by atoms with Crippen LogP contribution < -0.4 is 4.90 Å². The molecule has 0 spiro atoms. The molecule has 0 N–H and O–H groups in total. The molecule has 5 heteroatoms. The van der Waals surface area contributed by atoms with Crippen LogP contribution in [0.4, 0.5) is 5.69 Å². The van der Waals surface area contributed by atoms with Gasteiger partial charge in [-0.15, -0.1) is 0 Å². The first kappa shape index (κ1) is 19.2. The van der Waals surface area contributed by atoms with Gasteiger partial charge in [-0.25, -0.2) is 4.98 Å². The van der Waals surface area contributed by atoms with Gasteiger partial charge in [-0.05, 0) is 25.5 Å². The molecule has 1 aliphatic heterocycles. The number of carbonyl (C=O) groups is 1. The standard InChI is InChI=1S/C24H28N4O/c1-19-8-9-23(20(2)16-19)27-12-14-28(15-13-27)24(29)10-11-26-17-22(25-18-26)21-6-4-3-5-7-21/h3-9,16-18H,10-15H2,1-2H3. The maximum atomic E-state index is 12.7. The second-order valence-electron chi connectivity index (χ2n) is 7.77. The Labute approximate surface area is 172 Å². The highest BCUT2D eigenvalue weighted by molar-refractivity contribution is 5.76. The van der Waals surface area contributed by atoms with Crippen LogP contribution >= 0.6 is 0 Å². The number of aryl methyl sites for hydroxylation is 3. The van der Waals surface area contributed by atoms with Crippen molar-refractivity contribution in [1.82, 2.24) is 14.5 Å². The van der Waals surface area contributed by atoms with Gasteiger partial charge in [0.2, 0.25) is 5.91 Å². The molecule has 0 bridgehead atoms. The Bertz CT molecular complexity index is 972. The highest BCUT2D eigenvalue weighted by Crippen LogP contribution is 2.22. The summed E-state index contributed by atoms with van der Waals surface area (Å²) >= 11 is 0. The molecule has 0 aliphatic carbocycles. The molecule has 2 heterocycles. The number of benzene rings is 2. The van der Waals surface area contributed by atoms with E-state index in [-0.39, 0.29) is 5.91 Å². The predicted octanol–water partition coefficient (Wildman–Crippen LogP) is 3.91. The molecule has 4 rings (SSSR count). The number of rotatable bonds is 5. The van der Waals surface area contributed by atoms with Crippen LogP contribution in [0, 0.1) is 13.8 Å². The highest BCUT2D eigenvalue weighted by atomic mass is 16.2. The smallest absolute Gasteiger partial charge is 0.224 e. The molecular weight excluding hydrogens is 360 g/mol. The topological polar surface area (TPSA) is 41.4 Å². The van der Waals surface area contributed by atoms with E-state index in [0.717, 1.165) is 37.4 Å². The first-order valence-corrected chi connectivity index (χ1v) is 10.3. The number of aromatic nitrogens is 2. The van der Waals surface area contributed by atoms with Crippen LogP contribution in [-0.4, -0.2) is 46.5 Å². The molecule has 3 aromatic rings. The third kappa shape index (κ3) is 4.50. The quantitative estimate of drug-likeness (QED) is 0.666. The molecular formula is C24H28N4O. The van der Waals surface area contributed by atoms with E-state index in [2.05, 4.69) is 41.9 Å². The lowest BCUT2D eigenvalue weighted by atomic mass is 10.1. The van der Waals surface area contributed by atoms with Crippen molar-refractivity contribution in [2.75, 3.05) is 31.1 Å². The number of amides is 1. The van der Waals surface area contributed by atoms with Crippen molar-refractivity contribution in [3.63, 3.8) is 0 Å². The number of anilines is 1. The van der Waals surface area contributed by atoms with Crippen molar-refractivity contribution in [3.8, 4) is 11.3 Å². The first-order valence-electron chi connectivity index (χ1n) is 10.3. The van der Waals surface area contributed by atoms with Crippen LogP contribution in [0.25, 0.3) is 11.3 Å². The molecule has 29 heavy (non-hydrogen) atoms. The monoisotopic (exact) mass is 388 g/mol. The van der Waals surface area contributed by atoms with E-state index < -0.39 is 0 Å². The van der Waals surface area contributed by atoms with Gasteiger partial charge in [0, 0.05) is 56.6 Å². The highest BCUT2D eigenvalue weighted by Gasteiger charge is 2.22. The minimum absolute atomic E-state index is 0.222. The average molecular weight is 389 g/mol. The fourth-order valence-electron chi connectivity index (χ4n) is 3.98. The SMILES string of the molecule is Cc1ccc(N2CCN(C(=O)CCn3cnc(-c4ccccc4)c3)CC2)c(C)c1. The molecule has 0 saturated carbocycles. The molecule has 1 saturated heterocycles. The van der Waals surface area contributed by atoms with Gasteiger partial charge in [0.05, 0.1) is 12.0 Å². The van der Waals surface area contributed by atoms with Gasteiger partial charge in [-0.3, -0.25) is 4.79 Å². The fourth-order valence-corrected chi connectivity index (χ4v) is 3.98. The number of imidazole rings is 1. The molecule has 150 valence electrons. The van der Waals surface area contributed by atoms with Crippen LogP contribution in [0.3, 0.4) is 0 Å². The van der Waals surface area contributed by atoms with Crippen molar-refractivity contribution in [1.29, 1.82) is 0 Å². The van der Waals surface area contributed by atoms with Gasteiger partial charge in [-0.1, -0.05) is 48.0 Å². The van der Waals surface area contributed by atoms with Crippen molar-refractivity contribution in [3.05, 3.63) is 72.2 Å². The zero-order valence-corrected chi connectivity index (χ0v) is 17.2. The van der Waals surface area contributed by atoms with Gasteiger partial charge < -0.3 is 14.4 Å². The molecule has 0 atom stereocenters. The molecule has 1 amide bonds. The Morgan fingerprint density at radius 2 is 1.76 bits per heavy atom. The lowest BCUT2D eigenvalue weighted by molar-refractivity contribution is -0.131. The Hall–Kier alpha value is -3.08. The number of piperazine rings is 1. The van der Waals surface area contributed by atoms with E-state index in [4.69, 9.17) is 0 Å². The maximum Gasteiger partial charge on any atom is 0.224 e. The summed E-state index contributed by atoms with van der Waals surface area (Å²) in [7, 11) is 0. The third-order valence-electron chi connectivity index (χ3n) is 5.61. The predicted molar refractivity (Wildman–Crippen MR) is 117 cm³/mol. The summed E-state index contributed by atoms with van der Waals surface area (Å²) in [5, 5.41) is 0. The summed E-state index contributed by atoms with van der Waals surface area (Å²) in [5.74, 6) is 0.222. The van der Waals surface area contributed by atoms with Crippen LogP contribution in [0.5, 0.6) is 0 Å². The van der Waals surface area contributed by atoms with E-state index in [1.165, 1.54) is 16.8 Å². The van der Waals surface area contributed by atoms with E-state index in [1.807, 2.05) is 52.3 Å². The number of hydrogen-bond donors (Lipinski definition) is 0. The van der Waals surface area contributed by atoms with E-state index in [9.17, 15) is 4.79 Å². The van der Waals surface area contributed by atoms with Crippen LogP contribution in [0.2, 0.25) is 0 Å². The normalized spacial score (nSPS) is 14.3. The van der Waals surface area contributed by atoms with E-state index in [1.54, 1.807) is 0 Å². The largest absolute Gasteiger partial charge is 0.368 e. The van der Waals surface area contributed by atoms with Crippen molar-refractivity contribution < 1.29 is 4.79 Å². The summed E-state index contributed by atoms with van der Waals surface area (Å²) in [6.07, 6.45) is 4.34. The minimum Gasteiger partial charge on any atom is -0.368 e. The fraction of sp³-hybridized carbons (Fsp3) is 0.333. The summed E-state index contributed by atoms with van der Waals surface area (Å²) in [6.45, 7) is 8.29. The zero-order chi connectivity index (χ0) is 20.2. The van der Waals surface area contributed by atoms with Crippen LogP contribution in [-0.2, 0) is 11.3 Å².